The average molecular weight is 563 g/mol. The zero-order chi connectivity index (χ0) is 28.9. The van der Waals surface area contributed by atoms with Gasteiger partial charge in [-0.15, -0.1) is 0 Å². The summed E-state index contributed by atoms with van der Waals surface area (Å²) in [5.41, 5.74) is 0. The van der Waals surface area contributed by atoms with Crippen LogP contribution < -0.4 is 0 Å². The van der Waals surface area contributed by atoms with E-state index in [-0.39, 0.29) is 32.0 Å². The molecule has 0 saturated carbocycles. The van der Waals surface area contributed by atoms with Gasteiger partial charge in [0.25, 0.3) is 0 Å². The summed E-state index contributed by atoms with van der Waals surface area (Å²) in [5, 5.41) is 39.5. The van der Waals surface area contributed by atoms with Gasteiger partial charge >= 0.3 is 11.9 Å². The number of hydrogen-bond acceptors (Lipinski definition) is 10. The van der Waals surface area contributed by atoms with Gasteiger partial charge in [-0.05, 0) is 12.8 Å². The minimum atomic E-state index is -1.58. The Hall–Kier alpha value is -1.30. The van der Waals surface area contributed by atoms with Crippen molar-refractivity contribution in [2.24, 2.45) is 0 Å². The molecule has 1 heterocycles. The minimum absolute atomic E-state index is 0.213. The van der Waals surface area contributed by atoms with Crippen molar-refractivity contribution in [1.82, 2.24) is 0 Å². The highest BCUT2D eigenvalue weighted by Crippen LogP contribution is 2.22. The second kappa shape index (κ2) is 22.4. The van der Waals surface area contributed by atoms with Gasteiger partial charge < -0.3 is 39.4 Å². The maximum Gasteiger partial charge on any atom is 0.306 e. The van der Waals surface area contributed by atoms with Crippen molar-refractivity contribution in [1.29, 1.82) is 0 Å². The third kappa shape index (κ3) is 15.9. The first-order valence-electron chi connectivity index (χ1n) is 15.1. The highest BCUT2D eigenvalue weighted by Gasteiger charge is 2.44. The number of carbonyl (C=O) groups is 2. The number of aliphatic hydroxyl groups excluding tert-OH is 4. The van der Waals surface area contributed by atoms with Crippen LogP contribution in [0.2, 0.25) is 0 Å². The van der Waals surface area contributed by atoms with E-state index in [1.165, 1.54) is 38.5 Å². The number of carbonyl (C=O) groups excluding carboxylic acids is 2. The second-order valence-electron chi connectivity index (χ2n) is 10.6. The Morgan fingerprint density at radius 1 is 0.692 bits per heavy atom. The van der Waals surface area contributed by atoms with Crippen molar-refractivity contribution in [2.45, 2.75) is 153 Å². The van der Waals surface area contributed by atoms with Crippen LogP contribution in [0.3, 0.4) is 0 Å². The molecular formula is C29H54O10. The lowest BCUT2D eigenvalue weighted by atomic mass is 9.99. The highest BCUT2D eigenvalue weighted by atomic mass is 16.7. The summed E-state index contributed by atoms with van der Waals surface area (Å²) in [7, 11) is 0. The van der Waals surface area contributed by atoms with Crippen LogP contribution in [0.25, 0.3) is 0 Å². The van der Waals surface area contributed by atoms with E-state index in [9.17, 15) is 30.0 Å². The van der Waals surface area contributed by atoms with Crippen LogP contribution in [0.1, 0.15) is 117 Å². The predicted octanol–water partition coefficient (Wildman–Crippen LogP) is 3.54. The van der Waals surface area contributed by atoms with Crippen molar-refractivity contribution in [3.63, 3.8) is 0 Å². The Balaban J connectivity index is 2.52. The minimum Gasteiger partial charge on any atom is -0.462 e. The molecule has 0 amide bonds. The number of unbranched alkanes of at least 4 members (excludes halogenated alkanes) is 12. The molecule has 0 aromatic heterocycles. The summed E-state index contributed by atoms with van der Waals surface area (Å²) in [4.78, 5) is 24.7. The Kier molecular flexibility index (Phi) is 20.5. The van der Waals surface area contributed by atoms with E-state index < -0.39 is 49.4 Å². The fraction of sp³-hybridized carbons (Fsp3) is 0.931. The molecule has 2 unspecified atom stereocenters. The van der Waals surface area contributed by atoms with E-state index in [0.717, 1.165) is 44.9 Å². The molecule has 1 aliphatic heterocycles. The van der Waals surface area contributed by atoms with Crippen LogP contribution in [0.15, 0.2) is 0 Å². The first kappa shape index (κ1) is 35.7. The van der Waals surface area contributed by atoms with Crippen LogP contribution in [0.5, 0.6) is 0 Å². The van der Waals surface area contributed by atoms with Gasteiger partial charge in [0.05, 0.1) is 13.2 Å². The fourth-order valence-corrected chi connectivity index (χ4v) is 4.48. The molecule has 1 fully saturated rings. The van der Waals surface area contributed by atoms with Gasteiger partial charge in [0.15, 0.2) is 12.4 Å². The number of hydrogen-bond donors (Lipinski definition) is 4. The molecule has 0 aromatic rings. The monoisotopic (exact) mass is 562 g/mol. The van der Waals surface area contributed by atoms with Gasteiger partial charge in [0.2, 0.25) is 0 Å². The fourth-order valence-electron chi connectivity index (χ4n) is 4.48. The van der Waals surface area contributed by atoms with Crippen molar-refractivity contribution in [3.05, 3.63) is 0 Å². The van der Waals surface area contributed by atoms with E-state index in [4.69, 9.17) is 18.9 Å². The number of esters is 2. The average Bonchev–Trinajstić information content (AvgIpc) is 2.93. The van der Waals surface area contributed by atoms with Gasteiger partial charge in [-0.2, -0.15) is 0 Å². The Morgan fingerprint density at radius 2 is 1.21 bits per heavy atom. The largest absolute Gasteiger partial charge is 0.462 e. The smallest absolute Gasteiger partial charge is 0.306 e. The zero-order valence-electron chi connectivity index (χ0n) is 24.1. The molecule has 0 bridgehead atoms. The topological polar surface area (TPSA) is 152 Å². The highest BCUT2D eigenvalue weighted by molar-refractivity contribution is 5.70. The van der Waals surface area contributed by atoms with Crippen LogP contribution in [-0.4, -0.2) is 89.0 Å². The first-order valence-corrected chi connectivity index (χ1v) is 15.1. The third-order valence-corrected chi connectivity index (χ3v) is 6.99. The Morgan fingerprint density at radius 3 is 1.74 bits per heavy atom. The van der Waals surface area contributed by atoms with Gasteiger partial charge in [0, 0.05) is 12.8 Å². The lowest BCUT2D eigenvalue weighted by Crippen LogP contribution is -2.59. The van der Waals surface area contributed by atoms with Crippen LogP contribution >= 0.6 is 0 Å². The molecule has 10 nitrogen and oxygen atoms in total. The molecule has 0 aliphatic carbocycles. The summed E-state index contributed by atoms with van der Waals surface area (Å²) in [6, 6.07) is 0. The number of ether oxygens (including phenoxy) is 4. The molecule has 0 radical (unpaired) electrons. The maximum atomic E-state index is 12.5. The predicted molar refractivity (Wildman–Crippen MR) is 146 cm³/mol. The van der Waals surface area contributed by atoms with E-state index in [2.05, 4.69) is 13.8 Å². The summed E-state index contributed by atoms with van der Waals surface area (Å²) >= 11 is 0. The summed E-state index contributed by atoms with van der Waals surface area (Å²) < 4.78 is 21.8. The Labute approximate surface area is 234 Å². The standard InChI is InChI=1S/C29H54O10/c1-3-5-7-9-11-13-15-17-24(31)36-20-22(38-25(32)18-16-14-12-10-8-6-4-2)21-37-29-28(35)27(34)26(33)23(19-30)39-29/h22-23,26-30,33-35H,3-21H2,1-2H3/t22-,23-,26+,27?,28?,29-/m1/s1. The molecule has 4 N–H and O–H groups in total. The molecule has 0 spiro atoms. The van der Waals surface area contributed by atoms with E-state index in [1.54, 1.807) is 0 Å². The van der Waals surface area contributed by atoms with E-state index in [1.807, 2.05) is 0 Å². The molecule has 1 aliphatic rings. The molecular weight excluding hydrogens is 508 g/mol. The van der Waals surface area contributed by atoms with Crippen LogP contribution in [0, 0.1) is 0 Å². The van der Waals surface area contributed by atoms with E-state index >= 15 is 0 Å². The summed E-state index contributed by atoms with van der Waals surface area (Å²) in [6.45, 7) is 3.27. The molecule has 10 heteroatoms. The summed E-state index contributed by atoms with van der Waals surface area (Å²) in [6.07, 6.45) is 7.41. The van der Waals surface area contributed by atoms with Crippen molar-refractivity contribution < 1.29 is 49.0 Å². The van der Waals surface area contributed by atoms with E-state index in [0.29, 0.717) is 6.42 Å². The normalized spacial score (nSPS) is 23.9. The van der Waals surface area contributed by atoms with Gasteiger partial charge in [-0.1, -0.05) is 90.9 Å². The molecule has 1 saturated heterocycles. The third-order valence-electron chi connectivity index (χ3n) is 6.99. The van der Waals surface area contributed by atoms with Gasteiger partial charge in [0.1, 0.15) is 31.0 Å². The second-order valence-corrected chi connectivity index (χ2v) is 10.6. The first-order chi connectivity index (χ1) is 18.8. The van der Waals surface area contributed by atoms with Gasteiger partial charge in [-0.25, -0.2) is 0 Å². The number of rotatable bonds is 23. The van der Waals surface area contributed by atoms with Crippen molar-refractivity contribution in [3.8, 4) is 0 Å². The van der Waals surface area contributed by atoms with Crippen molar-refractivity contribution in [2.75, 3.05) is 19.8 Å². The van der Waals surface area contributed by atoms with Crippen molar-refractivity contribution >= 4 is 11.9 Å². The van der Waals surface area contributed by atoms with Crippen LogP contribution in [0.4, 0.5) is 0 Å². The number of aliphatic hydroxyl groups is 4. The quantitative estimate of drug-likeness (QED) is 0.107. The van der Waals surface area contributed by atoms with Gasteiger partial charge in [-0.3, -0.25) is 9.59 Å². The molecule has 1 rings (SSSR count). The molecule has 230 valence electrons. The Bertz CT molecular complexity index is 629. The molecule has 39 heavy (non-hydrogen) atoms. The van der Waals surface area contributed by atoms with Crippen LogP contribution in [-0.2, 0) is 28.5 Å². The zero-order valence-corrected chi connectivity index (χ0v) is 24.1. The lowest BCUT2D eigenvalue weighted by molar-refractivity contribution is -0.305. The SMILES string of the molecule is CCCCCCCCCC(=O)OC[C@H](CO[C@@H]1O[C@H](CO)[C@H](O)C(O)C1O)OC(=O)CCCCCCCCC. The molecule has 0 aromatic carbocycles. The molecule has 6 atom stereocenters. The summed E-state index contributed by atoms with van der Waals surface area (Å²) in [5.74, 6) is -0.821. The maximum absolute atomic E-state index is 12.5. The lowest BCUT2D eigenvalue weighted by Gasteiger charge is -2.39.